The van der Waals surface area contributed by atoms with E-state index in [-0.39, 0.29) is 24.5 Å². The quantitative estimate of drug-likeness (QED) is 0.903. The number of Topliss-reactive ketones (excluding diaryl/α,β-unsaturated/α-hetero) is 1. The Bertz CT molecular complexity index is 721. The minimum absolute atomic E-state index is 0.0115. The second-order valence-corrected chi connectivity index (χ2v) is 6.41. The van der Waals surface area contributed by atoms with E-state index in [9.17, 15) is 14.4 Å². The van der Waals surface area contributed by atoms with E-state index in [2.05, 4.69) is 10.3 Å². The van der Waals surface area contributed by atoms with E-state index in [1.54, 1.807) is 16.8 Å². The summed E-state index contributed by atoms with van der Waals surface area (Å²) in [6, 6.07) is 1.69. The molecule has 1 atom stereocenters. The highest BCUT2D eigenvalue weighted by Gasteiger charge is 2.33. The number of nitrogens with zero attached hydrogens (tertiary/aromatic N) is 1. The van der Waals surface area contributed by atoms with E-state index in [0.717, 1.165) is 11.3 Å². The van der Waals surface area contributed by atoms with Crippen molar-refractivity contribution in [3.8, 4) is 0 Å². The van der Waals surface area contributed by atoms with E-state index < -0.39 is 11.9 Å². The number of aromatic nitrogens is 1. The van der Waals surface area contributed by atoms with Gasteiger partial charge in [0.2, 0.25) is 0 Å². The zero-order valence-corrected chi connectivity index (χ0v) is 12.3. The van der Waals surface area contributed by atoms with Crippen LogP contribution in [0.15, 0.2) is 16.8 Å². The number of fused-ring (bicyclic) bond motifs is 1. The van der Waals surface area contributed by atoms with Gasteiger partial charge in [0.25, 0.3) is 5.91 Å². The second kappa shape index (κ2) is 5.38. The van der Waals surface area contributed by atoms with Gasteiger partial charge in [-0.05, 0) is 11.4 Å². The van der Waals surface area contributed by atoms with Gasteiger partial charge in [-0.1, -0.05) is 11.3 Å². The summed E-state index contributed by atoms with van der Waals surface area (Å²) in [6.07, 6.45) is 0.212. The lowest BCUT2D eigenvalue weighted by molar-refractivity contribution is -0.141. The van der Waals surface area contributed by atoms with Crippen molar-refractivity contribution in [2.75, 3.05) is 5.32 Å². The highest BCUT2D eigenvalue weighted by molar-refractivity contribution is 7.17. The van der Waals surface area contributed by atoms with Crippen LogP contribution >= 0.6 is 22.7 Å². The highest BCUT2D eigenvalue weighted by atomic mass is 32.1. The van der Waals surface area contributed by atoms with Crippen molar-refractivity contribution in [3.05, 3.63) is 33.0 Å². The van der Waals surface area contributed by atoms with Crippen LogP contribution in [0.5, 0.6) is 0 Å². The summed E-state index contributed by atoms with van der Waals surface area (Å²) >= 11 is 2.51. The Kier molecular flexibility index (Phi) is 3.56. The molecule has 0 aromatic carbocycles. The number of amides is 1. The van der Waals surface area contributed by atoms with Crippen LogP contribution in [-0.2, 0) is 11.2 Å². The van der Waals surface area contributed by atoms with Gasteiger partial charge in [0.05, 0.1) is 22.1 Å². The first-order valence-corrected chi connectivity index (χ1v) is 7.90. The molecule has 3 rings (SSSR count). The molecule has 6 nitrogen and oxygen atoms in total. The van der Waals surface area contributed by atoms with Crippen LogP contribution in [0.3, 0.4) is 0 Å². The van der Waals surface area contributed by atoms with Crippen LogP contribution in [0.25, 0.3) is 0 Å². The molecule has 1 unspecified atom stereocenters. The number of rotatable bonds is 3. The van der Waals surface area contributed by atoms with Crippen molar-refractivity contribution in [1.29, 1.82) is 0 Å². The molecular weight excluding hydrogens is 312 g/mol. The molecular formula is C13H10N2O4S2. The SMILES string of the molecule is O=C(Nc1nc2c(s1)C(=O)CC(C(=O)O)C2)c1ccsc1. The molecule has 1 amide bonds. The summed E-state index contributed by atoms with van der Waals surface area (Å²) in [6.45, 7) is 0. The molecule has 108 valence electrons. The number of hydrogen-bond acceptors (Lipinski definition) is 6. The maximum Gasteiger partial charge on any atom is 0.307 e. The Labute approximate surface area is 127 Å². The molecule has 0 saturated heterocycles. The van der Waals surface area contributed by atoms with Crippen LogP contribution < -0.4 is 5.32 Å². The van der Waals surface area contributed by atoms with Gasteiger partial charge in [0.1, 0.15) is 0 Å². The van der Waals surface area contributed by atoms with Crippen LogP contribution in [-0.4, -0.2) is 27.8 Å². The monoisotopic (exact) mass is 322 g/mol. The normalized spacial score (nSPS) is 17.3. The summed E-state index contributed by atoms with van der Waals surface area (Å²) in [5, 5.41) is 15.5. The highest BCUT2D eigenvalue weighted by Crippen LogP contribution is 2.32. The van der Waals surface area contributed by atoms with Gasteiger partial charge in [-0.25, -0.2) is 4.98 Å². The molecule has 2 aromatic heterocycles. The average Bonchev–Trinajstić information content (AvgIpc) is 3.06. The Morgan fingerprint density at radius 1 is 1.38 bits per heavy atom. The molecule has 2 N–H and O–H groups in total. The molecule has 1 aliphatic carbocycles. The molecule has 0 radical (unpaired) electrons. The van der Waals surface area contributed by atoms with E-state index in [1.165, 1.54) is 11.3 Å². The summed E-state index contributed by atoms with van der Waals surface area (Å²) in [5.41, 5.74) is 0.993. The number of anilines is 1. The fourth-order valence-electron chi connectivity index (χ4n) is 2.12. The van der Waals surface area contributed by atoms with E-state index >= 15 is 0 Å². The molecule has 0 fully saturated rings. The number of carbonyl (C=O) groups is 3. The first-order valence-electron chi connectivity index (χ1n) is 6.14. The third-order valence-electron chi connectivity index (χ3n) is 3.18. The molecule has 1 aliphatic rings. The molecule has 2 heterocycles. The number of thiophene rings is 1. The predicted molar refractivity (Wildman–Crippen MR) is 78.2 cm³/mol. The summed E-state index contributed by atoms with van der Waals surface area (Å²) in [5.74, 6) is -2.24. The predicted octanol–water partition coefficient (Wildman–Crippen LogP) is 2.29. The number of carboxylic acid groups (broad SMARTS) is 1. The maximum atomic E-state index is 11.9. The second-order valence-electron chi connectivity index (χ2n) is 4.63. The number of hydrogen-bond donors (Lipinski definition) is 2. The maximum absolute atomic E-state index is 11.9. The molecule has 0 saturated carbocycles. The Hall–Kier alpha value is -2.06. The average molecular weight is 322 g/mol. The van der Waals surface area contributed by atoms with E-state index in [4.69, 9.17) is 5.11 Å². The van der Waals surface area contributed by atoms with Gasteiger partial charge >= 0.3 is 5.97 Å². The van der Waals surface area contributed by atoms with Crippen molar-refractivity contribution in [2.24, 2.45) is 5.92 Å². The third kappa shape index (κ3) is 2.72. The molecule has 2 aromatic rings. The number of nitrogens with one attached hydrogen (secondary N) is 1. The lowest BCUT2D eigenvalue weighted by Gasteiger charge is -2.15. The topological polar surface area (TPSA) is 96.4 Å². The summed E-state index contributed by atoms with van der Waals surface area (Å²) < 4.78 is 0. The van der Waals surface area contributed by atoms with Gasteiger partial charge in [-0.15, -0.1) is 0 Å². The van der Waals surface area contributed by atoms with E-state index in [1.807, 2.05) is 0 Å². The molecule has 8 heteroatoms. The van der Waals surface area contributed by atoms with Gasteiger partial charge < -0.3 is 5.11 Å². The van der Waals surface area contributed by atoms with Crippen molar-refractivity contribution < 1.29 is 19.5 Å². The number of thiazole rings is 1. The first-order chi connectivity index (χ1) is 10.0. The van der Waals surface area contributed by atoms with Crippen LogP contribution in [0.2, 0.25) is 0 Å². The van der Waals surface area contributed by atoms with Crippen molar-refractivity contribution in [1.82, 2.24) is 4.98 Å². The fraction of sp³-hybridized carbons (Fsp3) is 0.231. The summed E-state index contributed by atoms with van der Waals surface area (Å²) in [7, 11) is 0. The van der Waals surface area contributed by atoms with Gasteiger partial charge in [0, 0.05) is 18.2 Å². The number of carboxylic acids is 1. The fourth-order valence-corrected chi connectivity index (χ4v) is 3.69. The lowest BCUT2D eigenvalue weighted by Crippen LogP contribution is -2.25. The molecule has 0 spiro atoms. The smallest absolute Gasteiger partial charge is 0.307 e. The van der Waals surface area contributed by atoms with Crippen LogP contribution in [0, 0.1) is 5.92 Å². The Morgan fingerprint density at radius 2 is 2.19 bits per heavy atom. The largest absolute Gasteiger partial charge is 0.481 e. The van der Waals surface area contributed by atoms with Crippen LogP contribution in [0.1, 0.15) is 32.1 Å². The van der Waals surface area contributed by atoms with Gasteiger partial charge in [0.15, 0.2) is 10.9 Å². The van der Waals surface area contributed by atoms with E-state index in [0.29, 0.717) is 21.3 Å². The standard InChI is InChI=1S/C13H10N2O4S2/c16-9-4-7(12(18)19)3-8-10(9)21-13(14-8)15-11(17)6-1-2-20-5-6/h1-2,5,7H,3-4H2,(H,18,19)(H,14,15,17). The molecule has 0 bridgehead atoms. The number of aliphatic carboxylic acids is 1. The van der Waals surface area contributed by atoms with Crippen LogP contribution in [0.4, 0.5) is 5.13 Å². The molecule has 0 aliphatic heterocycles. The Morgan fingerprint density at radius 3 is 2.86 bits per heavy atom. The van der Waals surface area contributed by atoms with Gasteiger partial charge in [-0.3, -0.25) is 19.7 Å². The lowest BCUT2D eigenvalue weighted by atomic mass is 9.90. The zero-order valence-electron chi connectivity index (χ0n) is 10.7. The third-order valence-corrected chi connectivity index (χ3v) is 4.91. The van der Waals surface area contributed by atoms with Crippen molar-refractivity contribution in [2.45, 2.75) is 12.8 Å². The first kappa shape index (κ1) is 13.9. The molecule has 21 heavy (non-hydrogen) atoms. The minimum atomic E-state index is -0.995. The zero-order chi connectivity index (χ0) is 15.0. The van der Waals surface area contributed by atoms with Crippen molar-refractivity contribution in [3.63, 3.8) is 0 Å². The summed E-state index contributed by atoms with van der Waals surface area (Å²) in [4.78, 5) is 39.5. The van der Waals surface area contributed by atoms with Crippen molar-refractivity contribution >= 4 is 45.5 Å². The van der Waals surface area contributed by atoms with Gasteiger partial charge in [-0.2, -0.15) is 11.3 Å². The number of ketones is 1. The number of carbonyl (C=O) groups excluding carboxylic acids is 2. The Balaban J connectivity index is 1.81. The minimum Gasteiger partial charge on any atom is -0.481 e.